The minimum atomic E-state index is -0.858. The predicted molar refractivity (Wildman–Crippen MR) is 91.5 cm³/mol. The van der Waals surface area contributed by atoms with Crippen molar-refractivity contribution in [2.75, 3.05) is 7.11 Å². The highest BCUT2D eigenvalue weighted by atomic mass is 16.7. The zero-order chi connectivity index (χ0) is 18.3. The molecule has 0 aliphatic rings. The van der Waals surface area contributed by atoms with Crippen molar-refractivity contribution in [3.05, 3.63) is 63.0 Å². The molecule has 4 aromatic rings. The van der Waals surface area contributed by atoms with Gasteiger partial charge in [-0.25, -0.2) is 14.4 Å². The van der Waals surface area contributed by atoms with Gasteiger partial charge in [0.05, 0.1) is 30.2 Å². The van der Waals surface area contributed by atoms with Gasteiger partial charge < -0.3 is 23.9 Å². The second-order valence-corrected chi connectivity index (χ2v) is 5.60. The molecule has 0 bridgehead atoms. The molecule has 0 fully saturated rings. The summed E-state index contributed by atoms with van der Waals surface area (Å²) in [6, 6.07) is 9.89. The van der Waals surface area contributed by atoms with E-state index in [-0.39, 0.29) is 18.0 Å². The van der Waals surface area contributed by atoms with E-state index in [4.69, 9.17) is 9.15 Å². The zero-order valence-electron chi connectivity index (χ0n) is 13.6. The first-order valence-corrected chi connectivity index (χ1v) is 7.63. The number of hydrogen-bond acceptors (Lipinski definition) is 6. The minimum absolute atomic E-state index is 0.219. The maximum Gasteiger partial charge on any atom is 0.513 e. The maximum atomic E-state index is 12.2. The summed E-state index contributed by atoms with van der Waals surface area (Å²) in [4.78, 5) is 40.2. The lowest BCUT2D eigenvalue weighted by molar-refractivity contribution is 0.121. The van der Waals surface area contributed by atoms with Crippen molar-refractivity contribution in [3.63, 3.8) is 0 Å². The summed E-state index contributed by atoms with van der Waals surface area (Å²) in [6.07, 6.45) is -0.858. The van der Waals surface area contributed by atoms with Crippen LogP contribution in [0.1, 0.15) is 5.56 Å². The van der Waals surface area contributed by atoms with Gasteiger partial charge in [0.2, 0.25) is 0 Å². The summed E-state index contributed by atoms with van der Waals surface area (Å²) in [5.41, 5.74) is 2.65. The highest BCUT2D eigenvalue weighted by Crippen LogP contribution is 2.22. The largest absolute Gasteiger partial charge is 0.513 e. The zero-order valence-corrected chi connectivity index (χ0v) is 13.6. The second-order valence-electron chi connectivity index (χ2n) is 5.60. The van der Waals surface area contributed by atoms with Crippen molar-refractivity contribution in [1.82, 2.24) is 14.5 Å². The summed E-state index contributed by atoms with van der Waals surface area (Å²) in [5.74, 6) is -0.317. The quantitative estimate of drug-likeness (QED) is 0.428. The Labute approximate surface area is 144 Å². The number of aromatic amines is 2. The van der Waals surface area contributed by atoms with E-state index in [1.807, 2.05) is 0 Å². The third kappa shape index (κ3) is 2.75. The molecular weight excluding hydrogens is 342 g/mol. The number of hydrogen-bond donors (Lipinski definition) is 2. The normalized spacial score (nSPS) is 11.1. The van der Waals surface area contributed by atoms with Crippen LogP contribution in [0.4, 0.5) is 4.79 Å². The molecule has 132 valence electrons. The molecule has 9 heteroatoms. The number of methoxy groups -OCH3 is 1. The molecule has 26 heavy (non-hydrogen) atoms. The fourth-order valence-corrected chi connectivity index (χ4v) is 2.75. The summed E-state index contributed by atoms with van der Waals surface area (Å²) in [6.45, 7) is 0.219. The topological polar surface area (TPSA) is 119 Å². The first kappa shape index (κ1) is 15.8. The summed E-state index contributed by atoms with van der Waals surface area (Å²) in [7, 11) is 1.20. The summed E-state index contributed by atoms with van der Waals surface area (Å²) in [5, 5.41) is 0. The van der Waals surface area contributed by atoms with Crippen LogP contribution in [0.2, 0.25) is 0 Å². The van der Waals surface area contributed by atoms with E-state index < -0.39 is 11.9 Å². The van der Waals surface area contributed by atoms with Gasteiger partial charge >= 0.3 is 17.6 Å². The average molecular weight is 355 g/mol. The van der Waals surface area contributed by atoms with Crippen molar-refractivity contribution in [2.24, 2.45) is 0 Å². The number of fused-ring (bicyclic) bond motifs is 2. The molecule has 0 radical (unpaired) electrons. The van der Waals surface area contributed by atoms with Gasteiger partial charge in [-0.05, 0) is 29.8 Å². The van der Waals surface area contributed by atoms with Gasteiger partial charge in [0.1, 0.15) is 5.75 Å². The van der Waals surface area contributed by atoms with Crippen molar-refractivity contribution in [2.45, 2.75) is 6.54 Å². The molecule has 2 aromatic heterocycles. The number of H-pyrrole nitrogens is 2. The van der Waals surface area contributed by atoms with Crippen molar-refractivity contribution in [1.29, 1.82) is 0 Å². The Morgan fingerprint density at radius 2 is 1.92 bits per heavy atom. The molecule has 0 spiro atoms. The molecule has 0 amide bonds. The number of benzene rings is 2. The van der Waals surface area contributed by atoms with Gasteiger partial charge in [-0.1, -0.05) is 6.07 Å². The number of aromatic nitrogens is 3. The van der Waals surface area contributed by atoms with Gasteiger partial charge in [-0.3, -0.25) is 4.57 Å². The molecule has 0 atom stereocenters. The fraction of sp³-hybridized carbons (Fsp3) is 0.118. The molecule has 0 aliphatic heterocycles. The minimum Gasteiger partial charge on any atom is -0.437 e. The highest BCUT2D eigenvalue weighted by Gasteiger charge is 2.13. The van der Waals surface area contributed by atoms with Gasteiger partial charge in [0, 0.05) is 6.07 Å². The van der Waals surface area contributed by atoms with Crippen molar-refractivity contribution >= 4 is 28.3 Å². The van der Waals surface area contributed by atoms with Crippen LogP contribution in [-0.2, 0) is 11.3 Å². The number of carbonyl (C=O) groups excluding carboxylic acids is 1. The molecule has 2 aromatic carbocycles. The van der Waals surface area contributed by atoms with Crippen LogP contribution in [0.25, 0.3) is 22.1 Å². The van der Waals surface area contributed by atoms with Crippen LogP contribution in [0, 0.1) is 0 Å². The SMILES string of the molecule is COC(=O)Oc1ccc2oc(=O)n(Cc3ccc4[nH]c(=O)[nH]c4c3)c2c1. The van der Waals surface area contributed by atoms with Crippen molar-refractivity contribution < 1.29 is 18.7 Å². The van der Waals surface area contributed by atoms with Crippen LogP contribution >= 0.6 is 0 Å². The number of oxazole rings is 1. The molecule has 0 saturated heterocycles. The molecule has 2 heterocycles. The van der Waals surface area contributed by atoms with Crippen molar-refractivity contribution in [3.8, 4) is 5.75 Å². The Morgan fingerprint density at radius 1 is 1.12 bits per heavy atom. The molecule has 0 saturated carbocycles. The van der Waals surface area contributed by atoms with E-state index in [9.17, 15) is 14.4 Å². The van der Waals surface area contributed by atoms with E-state index in [1.165, 1.54) is 23.8 Å². The summed E-state index contributed by atoms with van der Waals surface area (Å²) < 4.78 is 16.1. The number of rotatable bonds is 3. The van der Waals surface area contributed by atoms with Gasteiger partial charge in [-0.2, -0.15) is 0 Å². The number of ether oxygens (including phenoxy) is 2. The smallest absolute Gasteiger partial charge is 0.437 e. The molecule has 2 N–H and O–H groups in total. The Kier molecular flexibility index (Phi) is 3.61. The van der Waals surface area contributed by atoms with E-state index >= 15 is 0 Å². The third-order valence-corrected chi connectivity index (χ3v) is 3.93. The fourth-order valence-electron chi connectivity index (χ4n) is 2.75. The molecule has 0 aliphatic carbocycles. The Bertz CT molecular complexity index is 1240. The molecule has 4 rings (SSSR count). The molecule has 9 nitrogen and oxygen atoms in total. The lowest BCUT2D eigenvalue weighted by Crippen LogP contribution is -2.15. The van der Waals surface area contributed by atoms with Crippen LogP contribution in [-0.4, -0.2) is 27.8 Å². The first-order chi connectivity index (χ1) is 12.5. The van der Waals surface area contributed by atoms with E-state index in [1.54, 1.807) is 24.3 Å². The standard InChI is InChI=1S/C17H13N3O6/c1-24-17(23)25-10-3-5-14-13(7-10)20(16(22)26-14)8-9-2-4-11-12(6-9)19-15(21)18-11/h2-7H,8H2,1H3,(H2,18,19,21). The summed E-state index contributed by atoms with van der Waals surface area (Å²) >= 11 is 0. The van der Waals surface area contributed by atoms with Gasteiger partial charge in [0.15, 0.2) is 5.58 Å². The Hall–Kier alpha value is -3.75. The third-order valence-electron chi connectivity index (χ3n) is 3.93. The number of nitrogens with one attached hydrogen (secondary N) is 2. The second kappa shape index (κ2) is 5.96. The number of nitrogens with zero attached hydrogens (tertiary/aromatic N) is 1. The highest BCUT2D eigenvalue weighted by molar-refractivity contribution is 5.77. The monoisotopic (exact) mass is 355 g/mol. The molecule has 0 unspecified atom stereocenters. The first-order valence-electron chi connectivity index (χ1n) is 7.63. The van der Waals surface area contributed by atoms with Gasteiger partial charge in [-0.15, -0.1) is 0 Å². The molecular formula is C17H13N3O6. The lowest BCUT2D eigenvalue weighted by atomic mass is 10.2. The predicted octanol–water partition coefficient (Wildman–Crippen LogP) is 1.96. The number of carbonyl (C=O) groups is 1. The van der Waals surface area contributed by atoms with Crippen LogP contribution in [0.3, 0.4) is 0 Å². The van der Waals surface area contributed by atoms with E-state index in [0.717, 1.165) is 5.56 Å². The van der Waals surface area contributed by atoms with Crippen LogP contribution < -0.4 is 16.2 Å². The Balaban J connectivity index is 1.75. The lowest BCUT2D eigenvalue weighted by Gasteiger charge is -2.05. The maximum absolute atomic E-state index is 12.2. The van der Waals surface area contributed by atoms with E-state index in [0.29, 0.717) is 22.1 Å². The number of imidazole rings is 1. The van der Waals surface area contributed by atoms with E-state index in [2.05, 4.69) is 14.7 Å². The van der Waals surface area contributed by atoms with Gasteiger partial charge in [0.25, 0.3) is 0 Å². The average Bonchev–Trinajstić information content (AvgIpc) is 3.13. The Morgan fingerprint density at radius 3 is 2.73 bits per heavy atom. The van der Waals surface area contributed by atoms with Crippen LogP contribution in [0.5, 0.6) is 5.75 Å². The van der Waals surface area contributed by atoms with Crippen LogP contribution in [0.15, 0.2) is 50.4 Å².